The maximum atomic E-state index is 12.4. The molecule has 0 amide bonds. The van der Waals surface area contributed by atoms with Gasteiger partial charge in [-0.2, -0.15) is 0 Å². The third-order valence-electron chi connectivity index (χ3n) is 3.33. The predicted octanol–water partition coefficient (Wildman–Crippen LogP) is 2.14. The molecule has 0 saturated carbocycles. The SMILES string of the molecule is COc1cc(C)c(S(=O)(=O)NCCC(C)N)cc1C(C)C. The highest BCUT2D eigenvalue weighted by Crippen LogP contribution is 2.31. The van der Waals surface area contributed by atoms with Crippen LogP contribution in [0.1, 0.15) is 44.2 Å². The van der Waals surface area contributed by atoms with Gasteiger partial charge in [-0.05, 0) is 49.4 Å². The predicted molar refractivity (Wildman–Crippen MR) is 85.3 cm³/mol. The Bertz CT molecular complexity index is 581. The van der Waals surface area contributed by atoms with E-state index in [4.69, 9.17) is 10.5 Å². The van der Waals surface area contributed by atoms with Crippen molar-refractivity contribution in [3.05, 3.63) is 23.3 Å². The molecule has 0 aliphatic heterocycles. The molecule has 1 atom stereocenters. The number of hydrogen-bond acceptors (Lipinski definition) is 4. The quantitative estimate of drug-likeness (QED) is 0.808. The van der Waals surface area contributed by atoms with E-state index in [1.54, 1.807) is 26.2 Å². The van der Waals surface area contributed by atoms with E-state index >= 15 is 0 Å². The zero-order chi connectivity index (χ0) is 16.2. The van der Waals surface area contributed by atoms with Crippen LogP contribution >= 0.6 is 0 Å². The Hall–Kier alpha value is -1.11. The molecule has 5 nitrogen and oxygen atoms in total. The maximum absolute atomic E-state index is 12.4. The first-order chi connectivity index (χ1) is 9.69. The van der Waals surface area contributed by atoms with Crippen molar-refractivity contribution in [3.8, 4) is 5.75 Å². The van der Waals surface area contributed by atoms with Crippen molar-refractivity contribution in [3.63, 3.8) is 0 Å². The van der Waals surface area contributed by atoms with E-state index < -0.39 is 10.0 Å². The van der Waals surface area contributed by atoms with Crippen molar-refractivity contribution in [2.24, 2.45) is 5.73 Å². The van der Waals surface area contributed by atoms with Gasteiger partial charge < -0.3 is 10.5 Å². The molecule has 0 aromatic heterocycles. The fourth-order valence-corrected chi connectivity index (χ4v) is 3.40. The van der Waals surface area contributed by atoms with E-state index in [0.29, 0.717) is 23.4 Å². The lowest BCUT2D eigenvalue weighted by molar-refractivity contribution is 0.406. The number of benzene rings is 1. The molecule has 0 saturated heterocycles. The van der Waals surface area contributed by atoms with Crippen LogP contribution in [0.4, 0.5) is 0 Å². The van der Waals surface area contributed by atoms with Gasteiger partial charge in [0, 0.05) is 12.6 Å². The molecule has 0 radical (unpaired) electrons. The Morgan fingerprint density at radius 3 is 2.38 bits per heavy atom. The zero-order valence-electron chi connectivity index (χ0n) is 13.4. The van der Waals surface area contributed by atoms with Crippen molar-refractivity contribution in [2.75, 3.05) is 13.7 Å². The summed E-state index contributed by atoms with van der Waals surface area (Å²) in [5.74, 6) is 0.899. The molecule has 0 fully saturated rings. The molecule has 0 aliphatic rings. The minimum absolute atomic E-state index is 0.0316. The Morgan fingerprint density at radius 2 is 1.90 bits per heavy atom. The third kappa shape index (κ3) is 4.69. The van der Waals surface area contributed by atoms with Gasteiger partial charge in [0.2, 0.25) is 10.0 Å². The summed E-state index contributed by atoms with van der Waals surface area (Å²) in [4.78, 5) is 0.302. The van der Waals surface area contributed by atoms with E-state index in [9.17, 15) is 8.42 Å². The van der Waals surface area contributed by atoms with Crippen molar-refractivity contribution >= 4 is 10.0 Å². The topological polar surface area (TPSA) is 81.4 Å². The van der Waals surface area contributed by atoms with Crippen LogP contribution in [-0.4, -0.2) is 28.1 Å². The summed E-state index contributed by atoms with van der Waals surface area (Å²) in [6, 6.07) is 3.44. The molecule has 21 heavy (non-hydrogen) atoms. The first-order valence-electron chi connectivity index (χ1n) is 7.12. The van der Waals surface area contributed by atoms with E-state index in [0.717, 1.165) is 11.3 Å². The molecule has 1 aromatic carbocycles. The van der Waals surface area contributed by atoms with Crippen molar-refractivity contribution in [1.29, 1.82) is 0 Å². The molecule has 120 valence electrons. The lowest BCUT2D eigenvalue weighted by Crippen LogP contribution is -2.29. The molecule has 3 N–H and O–H groups in total. The highest BCUT2D eigenvalue weighted by atomic mass is 32.2. The monoisotopic (exact) mass is 314 g/mol. The molecule has 1 rings (SSSR count). The first kappa shape index (κ1) is 17.9. The fraction of sp³-hybridized carbons (Fsp3) is 0.600. The van der Waals surface area contributed by atoms with Crippen LogP contribution < -0.4 is 15.2 Å². The van der Waals surface area contributed by atoms with E-state index in [1.165, 1.54) is 0 Å². The average molecular weight is 314 g/mol. The van der Waals surface area contributed by atoms with Gasteiger partial charge in [-0.1, -0.05) is 13.8 Å². The minimum atomic E-state index is -3.53. The van der Waals surface area contributed by atoms with Gasteiger partial charge in [0.15, 0.2) is 0 Å². The number of sulfonamides is 1. The van der Waals surface area contributed by atoms with E-state index in [2.05, 4.69) is 4.72 Å². The summed E-state index contributed by atoms with van der Waals surface area (Å²) < 4.78 is 32.8. The fourth-order valence-electron chi connectivity index (χ4n) is 2.09. The van der Waals surface area contributed by atoms with Crippen molar-refractivity contribution in [2.45, 2.75) is 51.0 Å². The maximum Gasteiger partial charge on any atom is 0.240 e. The Kier molecular flexibility index (Phi) is 6.19. The van der Waals surface area contributed by atoms with Gasteiger partial charge in [-0.15, -0.1) is 0 Å². The Labute approximate surface area is 127 Å². The number of methoxy groups -OCH3 is 1. The summed E-state index contributed by atoms with van der Waals surface area (Å²) in [5.41, 5.74) is 7.20. The van der Waals surface area contributed by atoms with Gasteiger partial charge in [0.05, 0.1) is 12.0 Å². The standard InChI is InChI=1S/C15H26N2O3S/c1-10(2)13-9-15(11(3)8-14(13)20-5)21(18,19)17-7-6-12(4)16/h8-10,12,17H,6-7,16H2,1-5H3. The second kappa shape index (κ2) is 7.24. The number of aryl methyl sites for hydroxylation is 1. The van der Waals surface area contributed by atoms with Crippen LogP contribution in [0.2, 0.25) is 0 Å². The van der Waals surface area contributed by atoms with Crippen LogP contribution in [-0.2, 0) is 10.0 Å². The Balaban J connectivity index is 3.14. The van der Waals surface area contributed by atoms with E-state index in [1.807, 2.05) is 20.8 Å². The number of rotatable bonds is 7. The number of ether oxygens (including phenoxy) is 1. The van der Waals surface area contributed by atoms with Crippen LogP contribution in [0.5, 0.6) is 5.75 Å². The lowest BCUT2D eigenvalue weighted by atomic mass is 10.0. The molecule has 1 aromatic rings. The average Bonchev–Trinajstić information content (AvgIpc) is 2.36. The second-order valence-corrected chi connectivity index (χ2v) is 7.41. The van der Waals surface area contributed by atoms with E-state index in [-0.39, 0.29) is 12.0 Å². The highest BCUT2D eigenvalue weighted by Gasteiger charge is 2.20. The number of nitrogens with one attached hydrogen (secondary N) is 1. The molecule has 0 bridgehead atoms. The third-order valence-corrected chi connectivity index (χ3v) is 4.93. The molecule has 0 heterocycles. The van der Waals surface area contributed by atoms with Crippen molar-refractivity contribution in [1.82, 2.24) is 4.72 Å². The molecule has 0 aliphatic carbocycles. The van der Waals surface area contributed by atoms with Gasteiger partial charge in [0.1, 0.15) is 5.75 Å². The smallest absolute Gasteiger partial charge is 0.240 e. The number of nitrogens with two attached hydrogens (primary N) is 1. The van der Waals surface area contributed by atoms with Crippen molar-refractivity contribution < 1.29 is 13.2 Å². The summed E-state index contributed by atoms with van der Waals surface area (Å²) in [5, 5.41) is 0. The second-order valence-electron chi connectivity index (χ2n) is 5.68. The zero-order valence-corrected chi connectivity index (χ0v) is 14.3. The van der Waals surface area contributed by atoms with Gasteiger partial charge >= 0.3 is 0 Å². The molecule has 0 spiro atoms. The molecule has 6 heteroatoms. The molecular formula is C15H26N2O3S. The molecular weight excluding hydrogens is 288 g/mol. The largest absolute Gasteiger partial charge is 0.496 e. The van der Waals surface area contributed by atoms with Crippen LogP contribution in [0, 0.1) is 6.92 Å². The van der Waals surface area contributed by atoms with Crippen LogP contribution in [0.15, 0.2) is 17.0 Å². The Morgan fingerprint density at radius 1 is 1.29 bits per heavy atom. The van der Waals surface area contributed by atoms with Crippen LogP contribution in [0.3, 0.4) is 0 Å². The lowest BCUT2D eigenvalue weighted by Gasteiger charge is -2.17. The first-order valence-corrected chi connectivity index (χ1v) is 8.61. The summed E-state index contributed by atoms with van der Waals surface area (Å²) >= 11 is 0. The van der Waals surface area contributed by atoms with Crippen LogP contribution in [0.25, 0.3) is 0 Å². The summed E-state index contributed by atoms with van der Waals surface area (Å²) in [7, 11) is -1.94. The van der Waals surface area contributed by atoms with Gasteiger partial charge in [-0.25, -0.2) is 13.1 Å². The summed E-state index contributed by atoms with van der Waals surface area (Å²) in [6.07, 6.45) is 0.603. The van der Waals surface area contributed by atoms with Gasteiger partial charge in [-0.3, -0.25) is 0 Å². The normalized spacial score (nSPS) is 13.5. The minimum Gasteiger partial charge on any atom is -0.496 e. The number of hydrogen-bond donors (Lipinski definition) is 2. The summed E-state index contributed by atoms with van der Waals surface area (Å²) in [6.45, 7) is 7.97. The highest BCUT2D eigenvalue weighted by molar-refractivity contribution is 7.89. The molecule has 1 unspecified atom stereocenters. The van der Waals surface area contributed by atoms with Gasteiger partial charge in [0.25, 0.3) is 0 Å².